The third-order valence-electron chi connectivity index (χ3n) is 13.1. The number of fused-ring (bicyclic) bond motifs is 6. The monoisotopic (exact) mass is 868 g/mol. The molecule has 0 amide bonds. The Morgan fingerprint density at radius 2 is 0.765 bits per heavy atom. The van der Waals surface area contributed by atoms with Crippen molar-refractivity contribution in [3.63, 3.8) is 0 Å². The topological polar surface area (TPSA) is 56.7 Å². The highest BCUT2D eigenvalue weighted by Gasteiger charge is 2.21. The van der Waals surface area contributed by atoms with E-state index in [0.717, 1.165) is 105 Å². The lowest BCUT2D eigenvalue weighted by atomic mass is 9.88. The number of benzene rings is 10. The molecule has 0 aliphatic rings. The summed E-state index contributed by atoms with van der Waals surface area (Å²) in [6.07, 6.45) is 0. The van der Waals surface area contributed by atoms with Crippen molar-refractivity contribution in [2.45, 2.75) is 0 Å². The molecule has 0 bridgehead atoms. The van der Waals surface area contributed by atoms with E-state index in [9.17, 15) is 0 Å². The second-order valence-electron chi connectivity index (χ2n) is 17.2. The minimum atomic E-state index is 0.579. The maximum atomic E-state index is 6.85. The molecule has 318 valence electrons. The summed E-state index contributed by atoms with van der Waals surface area (Å²) in [5.74, 6) is 1.79. The maximum absolute atomic E-state index is 6.85. The van der Waals surface area contributed by atoms with Crippen LogP contribution < -0.4 is 0 Å². The second kappa shape index (κ2) is 16.4. The zero-order valence-electron chi connectivity index (χ0n) is 36.8. The number of rotatable bonds is 8. The Balaban J connectivity index is 1.04. The molecule has 13 rings (SSSR count). The SMILES string of the molecule is c1ccc(-c2ccc(-c3ccccc3)c(-c3ccc(-c4ccc5c(c4)oc4cc6c7ccccc7n(-c7ccccc7)c6cc45)c(-c4nc(-c5ccccc5)nc(-c5ccccc5)n4)c3)c2)cc1. The second-order valence-corrected chi connectivity index (χ2v) is 17.2. The molecule has 13 aromatic rings. The van der Waals surface area contributed by atoms with Gasteiger partial charge in [0.05, 0.1) is 11.0 Å². The lowest BCUT2D eigenvalue weighted by molar-refractivity contribution is 0.669. The molecule has 0 spiro atoms. The molecule has 0 N–H and O–H groups in total. The normalized spacial score (nSPS) is 11.5. The molecule has 10 aromatic carbocycles. The minimum Gasteiger partial charge on any atom is -0.456 e. The van der Waals surface area contributed by atoms with E-state index < -0.39 is 0 Å². The van der Waals surface area contributed by atoms with Crippen LogP contribution in [0.1, 0.15) is 0 Å². The van der Waals surface area contributed by atoms with Gasteiger partial charge in [0.2, 0.25) is 0 Å². The third kappa shape index (κ3) is 6.84. The molecule has 0 saturated carbocycles. The standard InChI is InChI=1S/C63H40N4O/c1-6-18-41(19-7-1)45-30-33-49(42-20-8-2-9-21-42)53(36-45)46-31-34-50(56(37-46)63-65-61(43-22-10-3-11-23-43)64-62(66-63)44-24-12-4-13-25-44)47-32-35-52-55-39-58-54(40-60(55)68-59(52)38-47)51-28-16-17-29-57(51)67(58)48-26-14-5-15-27-48/h1-40H. The minimum absolute atomic E-state index is 0.579. The number of furan rings is 1. The summed E-state index contributed by atoms with van der Waals surface area (Å²) in [5.41, 5.74) is 16.5. The van der Waals surface area contributed by atoms with Gasteiger partial charge in [-0.25, -0.2) is 15.0 Å². The van der Waals surface area contributed by atoms with E-state index in [0.29, 0.717) is 17.5 Å². The number of para-hydroxylation sites is 2. The first-order chi connectivity index (χ1) is 33.7. The molecule has 0 radical (unpaired) electrons. The summed E-state index contributed by atoms with van der Waals surface area (Å²) in [6.45, 7) is 0. The van der Waals surface area contributed by atoms with Crippen LogP contribution in [-0.2, 0) is 0 Å². The Hall–Kier alpha value is -9.19. The summed E-state index contributed by atoms with van der Waals surface area (Å²) < 4.78 is 9.20. The van der Waals surface area contributed by atoms with Gasteiger partial charge in [-0.05, 0) is 99.1 Å². The van der Waals surface area contributed by atoms with Gasteiger partial charge < -0.3 is 8.98 Å². The number of aromatic nitrogens is 4. The maximum Gasteiger partial charge on any atom is 0.164 e. The number of hydrogen-bond acceptors (Lipinski definition) is 4. The van der Waals surface area contributed by atoms with Gasteiger partial charge in [0.1, 0.15) is 11.2 Å². The van der Waals surface area contributed by atoms with E-state index in [4.69, 9.17) is 19.4 Å². The molecule has 0 unspecified atom stereocenters. The van der Waals surface area contributed by atoms with Crippen LogP contribution in [0.3, 0.4) is 0 Å². The van der Waals surface area contributed by atoms with Crippen molar-refractivity contribution < 1.29 is 4.42 Å². The Bertz CT molecular complexity index is 3940. The van der Waals surface area contributed by atoms with Gasteiger partial charge in [-0.2, -0.15) is 0 Å². The molecule has 5 heteroatoms. The average molecular weight is 869 g/mol. The molecule has 5 nitrogen and oxygen atoms in total. The predicted octanol–water partition coefficient (Wildman–Crippen LogP) is 16.5. The molecule has 3 aromatic heterocycles. The van der Waals surface area contributed by atoms with Gasteiger partial charge in [-0.3, -0.25) is 0 Å². The Morgan fingerprint density at radius 3 is 1.44 bits per heavy atom. The Kier molecular flexibility index (Phi) is 9.43. The van der Waals surface area contributed by atoms with E-state index in [1.54, 1.807) is 0 Å². The van der Waals surface area contributed by atoms with Crippen molar-refractivity contribution in [2.24, 2.45) is 0 Å². The first kappa shape index (κ1) is 39.2. The largest absolute Gasteiger partial charge is 0.456 e. The fourth-order valence-electron chi connectivity index (χ4n) is 9.80. The molecular formula is C63H40N4O. The van der Waals surface area contributed by atoms with Crippen molar-refractivity contribution in [1.82, 2.24) is 19.5 Å². The zero-order valence-corrected chi connectivity index (χ0v) is 36.8. The third-order valence-corrected chi connectivity index (χ3v) is 13.1. The highest BCUT2D eigenvalue weighted by molar-refractivity contribution is 6.17. The highest BCUT2D eigenvalue weighted by Crippen LogP contribution is 2.43. The van der Waals surface area contributed by atoms with E-state index in [1.165, 1.54) is 5.39 Å². The van der Waals surface area contributed by atoms with Crippen LogP contribution in [0.4, 0.5) is 0 Å². The van der Waals surface area contributed by atoms with Crippen LogP contribution in [0, 0.1) is 0 Å². The Labute approximate surface area is 392 Å². The summed E-state index contributed by atoms with van der Waals surface area (Å²) in [4.78, 5) is 15.7. The van der Waals surface area contributed by atoms with Crippen molar-refractivity contribution in [2.75, 3.05) is 0 Å². The first-order valence-electron chi connectivity index (χ1n) is 22.9. The summed E-state index contributed by atoms with van der Waals surface area (Å²) in [6, 6.07) is 85.2. The lowest BCUT2D eigenvalue weighted by Gasteiger charge is -2.17. The van der Waals surface area contributed by atoms with Crippen molar-refractivity contribution in [3.8, 4) is 84.4 Å². The summed E-state index contributed by atoms with van der Waals surface area (Å²) in [7, 11) is 0. The van der Waals surface area contributed by atoms with E-state index in [-0.39, 0.29) is 0 Å². The molecule has 0 atom stereocenters. The molecular weight excluding hydrogens is 829 g/mol. The number of nitrogens with zero attached hydrogens (tertiary/aromatic N) is 4. The van der Waals surface area contributed by atoms with Gasteiger partial charge in [-0.15, -0.1) is 0 Å². The molecule has 0 aliphatic carbocycles. The lowest BCUT2D eigenvalue weighted by Crippen LogP contribution is -2.01. The first-order valence-corrected chi connectivity index (χ1v) is 22.9. The number of hydrogen-bond donors (Lipinski definition) is 0. The van der Waals surface area contributed by atoms with E-state index >= 15 is 0 Å². The smallest absolute Gasteiger partial charge is 0.164 e. The van der Waals surface area contributed by atoms with Gasteiger partial charge in [-0.1, -0.05) is 188 Å². The van der Waals surface area contributed by atoms with Crippen LogP contribution >= 0.6 is 0 Å². The van der Waals surface area contributed by atoms with Crippen LogP contribution in [0.2, 0.25) is 0 Å². The van der Waals surface area contributed by atoms with E-state index in [2.05, 4.69) is 211 Å². The predicted molar refractivity (Wildman–Crippen MR) is 279 cm³/mol. The fourth-order valence-corrected chi connectivity index (χ4v) is 9.80. The van der Waals surface area contributed by atoms with Gasteiger partial charge in [0.15, 0.2) is 17.5 Å². The van der Waals surface area contributed by atoms with Crippen LogP contribution in [0.15, 0.2) is 247 Å². The summed E-state index contributed by atoms with van der Waals surface area (Å²) in [5, 5.41) is 4.46. The highest BCUT2D eigenvalue weighted by atomic mass is 16.3. The Morgan fingerprint density at radius 1 is 0.265 bits per heavy atom. The van der Waals surface area contributed by atoms with Crippen molar-refractivity contribution in [1.29, 1.82) is 0 Å². The molecule has 0 aliphatic heterocycles. The zero-order chi connectivity index (χ0) is 45.0. The van der Waals surface area contributed by atoms with Gasteiger partial charge >= 0.3 is 0 Å². The van der Waals surface area contributed by atoms with Crippen LogP contribution in [-0.4, -0.2) is 19.5 Å². The van der Waals surface area contributed by atoms with Gasteiger partial charge in [0, 0.05) is 43.9 Å². The van der Waals surface area contributed by atoms with Crippen molar-refractivity contribution >= 4 is 43.7 Å². The average Bonchev–Trinajstić information content (AvgIpc) is 3.95. The molecule has 68 heavy (non-hydrogen) atoms. The fraction of sp³-hybridized carbons (Fsp3) is 0. The molecule has 3 heterocycles. The quantitative estimate of drug-likeness (QED) is 0.153. The van der Waals surface area contributed by atoms with E-state index in [1.807, 2.05) is 36.4 Å². The molecule has 0 saturated heterocycles. The van der Waals surface area contributed by atoms with Crippen LogP contribution in [0.5, 0.6) is 0 Å². The van der Waals surface area contributed by atoms with Crippen molar-refractivity contribution in [3.05, 3.63) is 243 Å². The van der Waals surface area contributed by atoms with Gasteiger partial charge in [0.25, 0.3) is 0 Å². The van der Waals surface area contributed by atoms with Crippen LogP contribution in [0.25, 0.3) is 128 Å². The molecule has 0 fully saturated rings. The summed E-state index contributed by atoms with van der Waals surface area (Å²) >= 11 is 0.